The molecule has 1 N–H and O–H groups in total. The van der Waals surface area contributed by atoms with Crippen LogP contribution < -0.4 is 10.2 Å². The third kappa shape index (κ3) is 5.96. The molecule has 1 aliphatic rings. The quantitative estimate of drug-likeness (QED) is 0.447. The van der Waals surface area contributed by atoms with E-state index in [-0.39, 0.29) is 11.3 Å². The molecule has 0 saturated carbocycles. The van der Waals surface area contributed by atoms with Crippen LogP contribution in [0.4, 0.5) is 4.39 Å². The monoisotopic (exact) mass is 508 g/mol. The number of carbonyl (C=O) groups excluding carboxylic acids is 1. The molecule has 0 spiro atoms. The Morgan fingerprint density at radius 1 is 0.970 bits per heavy atom. The van der Waals surface area contributed by atoms with Crippen molar-refractivity contribution in [2.24, 2.45) is 0 Å². The summed E-state index contributed by atoms with van der Waals surface area (Å²) in [5.41, 5.74) is 4.26. The molecule has 9 heteroatoms. The SMILES string of the molecule is O=C(NN1CCOCC1)c1ccc(OC(c2ccc(Cl)cc2)c2ccc(Cl)cc2Cl)c(F)c1. The molecule has 1 heterocycles. The Hall–Kier alpha value is -2.35. The van der Waals surface area contributed by atoms with Crippen molar-refractivity contribution < 1.29 is 18.7 Å². The lowest BCUT2D eigenvalue weighted by Gasteiger charge is -2.27. The molecule has 172 valence electrons. The second-order valence-electron chi connectivity index (χ2n) is 7.40. The minimum absolute atomic E-state index is 0.0242. The van der Waals surface area contributed by atoms with Crippen LogP contribution in [0.5, 0.6) is 5.75 Å². The van der Waals surface area contributed by atoms with Crippen molar-refractivity contribution in [1.82, 2.24) is 10.4 Å². The molecule has 33 heavy (non-hydrogen) atoms. The number of carbonyl (C=O) groups is 1. The fourth-order valence-corrected chi connectivity index (χ4v) is 4.04. The lowest BCUT2D eigenvalue weighted by molar-refractivity contribution is 0.0126. The van der Waals surface area contributed by atoms with Gasteiger partial charge in [-0.05, 0) is 48.0 Å². The predicted molar refractivity (Wildman–Crippen MR) is 127 cm³/mol. The Balaban J connectivity index is 1.59. The van der Waals surface area contributed by atoms with E-state index >= 15 is 0 Å². The molecule has 0 aliphatic carbocycles. The molecule has 1 aliphatic heterocycles. The number of nitrogens with zero attached hydrogens (tertiary/aromatic N) is 1. The number of benzene rings is 3. The Labute approximate surface area is 205 Å². The summed E-state index contributed by atoms with van der Waals surface area (Å²) >= 11 is 18.5. The van der Waals surface area contributed by atoms with Crippen molar-refractivity contribution in [2.45, 2.75) is 6.10 Å². The summed E-state index contributed by atoms with van der Waals surface area (Å²) < 4.78 is 26.3. The van der Waals surface area contributed by atoms with Crippen molar-refractivity contribution >= 4 is 40.7 Å². The number of ether oxygens (including phenoxy) is 2. The van der Waals surface area contributed by atoms with E-state index < -0.39 is 17.8 Å². The van der Waals surface area contributed by atoms with Crippen LogP contribution >= 0.6 is 34.8 Å². The lowest BCUT2D eigenvalue weighted by Crippen LogP contribution is -2.48. The average Bonchev–Trinajstić information content (AvgIpc) is 2.80. The first-order valence-corrected chi connectivity index (χ1v) is 11.3. The number of hydrogen-bond donors (Lipinski definition) is 1. The number of halogens is 4. The number of amides is 1. The van der Waals surface area contributed by atoms with Gasteiger partial charge >= 0.3 is 0 Å². The van der Waals surface area contributed by atoms with Crippen molar-refractivity contribution in [3.63, 3.8) is 0 Å². The first kappa shape index (κ1) is 23.8. The van der Waals surface area contributed by atoms with Gasteiger partial charge in [0.2, 0.25) is 0 Å². The molecule has 3 aromatic rings. The van der Waals surface area contributed by atoms with E-state index in [2.05, 4.69) is 5.43 Å². The summed E-state index contributed by atoms with van der Waals surface area (Å²) in [6.45, 7) is 2.20. The van der Waals surface area contributed by atoms with Gasteiger partial charge in [0.25, 0.3) is 5.91 Å². The smallest absolute Gasteiger partial charge is 0.265 e. The minimum Gasteiger partial charge on any atom is -0.478 e. The normalized spacial score (nSPS) is 15.2. The number of hydrazine groups is 1. The maximum atomic E-state index is 15.0. The molecule has 4 rings (SSSR count). The highest BCUT2D eigenvalue weighted by atomic mass is 35.5. The highest BCUT2D eigenvalue weighted by molar-refractivity contribution is 6.35. The zero-order chi connectivity index (χ0) is 23.4. The van der Waals surface area contributed by atoms with E-state index in [1.165, 1.54) is 12.1 Å². The molecule has 3 aromatic carbocycles. The van der Waals surface area contributed by atoms with Crippen LogP contribution in [0.2, 0.25) is 15.1 Å². The van der Waals surface area contributed by atoms with Gasteiger partial charge < -0.3 is 9.47 Å². The van der Waals surface area contributed by atoms with Gasteiger partial charge in [0, 0.05) is 39.3 Å². The number of rotatable bonds is 6. The van der Waals surface area contributed by atoms with E-state index in [0.29, 0.717) is 46.9 Å². The van der Waals surface area contributed by atoms with Crippen LogP contribution in [-0.4, -0.2) is 37.2 Å². The number of hydrogen-bond acceptors (Lipinski definition) is 4. The van der Waals surface area contributed by atoms with Gasteiger partial charge in [-0.1, -0.05) is 53.0 Å². The zero-order valence-electron chi connectivity index (χ0n) is 17.4. The summed E-state index contributed by atoms with van der Waals surface area (Å²) in [6, 6.07) is 16.1. The number of nitrogens with one attached hydrogen (secondary N) is 1. The van der Waals surface area contributed by atoms with Crippen molar-refractivity contribution in [1.29, 1.82) is 0 Å². The molecule has 0 aromatic heterocycles. The van der Waals surface area contributed by atoms with Crippen LogP contribution in [0, 0.1) is 5.82 Å². The van der Waals surface area contributed by atoms with Crippen LogP contribution in [0.1, 0.15) is 27.6 Å². The second-order valence-corrected chi connectivity index (χ2v) is 8.68. The molecular formula is C24H20Cl3FN2O3. The topological polar surface area (TPSA) is 50.8 Å². The Kier molecular flexibility index (Phi) is 7.73. The van der Waals surface area contributed by atoms with Gasteiger partial charge in [-0.2, -0.15) is 0 Å². The maximum absolute atomic E-state index is 15.0. The summed E-state index contributed by atoms with van der Waals surface area (Å²) in [5, 5.41) is 3.15. The molecule has 5 nitrogen and oxygen atoms in total. The summed E-state index contributed by atoms with van der Waals surface area (Å²) in [6.07, 6.45) is -0.727. The lowest BCUT2D eigenvalue weighted by atomic mass is 10.0. The van der Waals surface area contributed by atoms with E-state index in [1.807, 2.05) is 0 Å². The van der Waals surface area contributed by atoms with Crippen molar-refractivity contribution in [2.75, 3.05) is 26.3 Å². The number of morpholine rings is 1. The molecule has 1 unspecified atom stereocenters. The Morgan fingerprint density at radius 3 is 2.33 bits per heavy atom. The first-order chi connectivity index (χ1) is 15.9. The highest BCUT2D eigenvalue weighted by Crippen LogP contribution is 2.35. The highest BCUT2D eigenvalue weighted by Gasteiger charge is 2.22. The predicted octanol–water partition coefficient (Wildman–Crippen LogP) is 5.93. The van der Waals surface area contributed by atoms with E-state index in [9.17, 15) is 9.18 Å². The van der Waals surface area contributed by atoms with Crippen molar-refractivity contribution in [3.05, 3.63) is 98.2 Å². The van der Waals surface area contributed by atoms with Crippen molar-refractivity contribution in [3.8, 4) is 5.75 Å². The van der Waals surface area contributed by atoms with Gasteiger partial charge in [-0.3, -0.25) is 10.2 Å². The fourth-order valence-electron chi connectivity index (χ4n) is 3.41. The van der Waals surface area contributed by atoms with Crippen LogP contribution in [0.3, 0.4) is 0 Å². The van der Waals surface area contributed by atoms with Crippen LogP contribution in [0.15, 0.2) is 60.7 Å². The minimum atomic E-state index is -0.727. The van der Waals surface area contributed by atoms with Crippen LogP contribution in [-0.2, 0) is 4.74 Å². The van der Waals surface area contributed by atoms with E-state index in [0.717, 1.165) is 11.6 Å². The van der Waals surface area contributed by atoms with Gasteiger partial charge in [0.1, 0.15) is 0 Å². The van der Waals surface area contributed by atoms with Gasteiger partial charge in [-0.25, -0.2) is 9.40 Å². The van der Waals surface area contributed by atoms with Gasteiger partial charge in [-0.15, -0.1) is 0 Å². The molecule has 1 fully saturated rings. The molecule has 0 radical (unpaired) electrons. The van der Waals surface area contributed by atoms with Gasteiger partial charge in [0.15, 0.2) is 17.7 Å². The Morgan fingerprint density at radius 2 is 1.67 bits per heavy atom. The summed E-state index contributed by atoms with van der Waals surface area (Å²) in [5.74, 6) is -1.10. The molecule has 1 atom stereocenters. The standard InChI is InChI=1S/C24H20Cl3FN2O3/c25-17-4-1-15(2-5-17)23(19-7-6-18(26)14-20(19)27)33-22-8-3-16(13-21(22)28)24(31)29-30-9-11-32-12-10-30/h1-8,13-14,23H,9-12H2,(H,29,31). The summed E-state index contributed by atoms with van der Waals surface area (Å²) in [7, 11) is 0. The second kappa shape index (κ2) is 10.7. The largest absolute Gasteiger partial charge is 0.478 e. The Bertz CT molecular complexity index is 1140. The van der Waals surface area contributed by atoms with Gasteiger partial charge in [0.05, 0.1) is 13.2 Å². The van der Waals surface area contributed by atoms with Crippen LogP contribution in [0.25, 0.3) is 0 Å². The summed E-state index contributed by atoms with van der Waals surface area (Å²) in [4.78, 5) is 12.5. The zero-order valence-corrected chi connectivity index (χ0v) is 19.6. The first-order valence-electron chi connectivity index (χ1n) is 10.2. The third-order valence-corrected chi connectivity index (χ3v) is 5.94. The molecule has 1 saturated heterocycles. The maximum Gasteiger partial charge on any atom is 0.265 e. The third-order valence-electron chi connectivity index (χ3n) is 5.13. The molecule has 1 amide bonds. The molecule has 0 bridgehead atoms. The van der Waals surface area contributed by atoms with E-state index in [1.54, 1.807) is 47.5 Å². The fraction of sp³-hybridized carbons (Fsp3) is 0.208. The molecular weight excluding hydrogens is 490 g/mol. The van der Waals surface area contributed by atoms with E-state index in [4.69, 9.17) is 44.3 Å². The average molecular weight is 510 g/mol.